The molecule has 1 aromatic rings. The third-order valence-corrected chi connectivity index (χ3v) is 2.71. The van der Waals surface area contributed by atoms with E-state index in [0.717, 1.165) is 24.7 Å². The summed E-state index contributed by atoms with van der Waals surface area (Å²) in [6.07, 6.45) is 2.40. The molecule has 1 aromatic carbocycles. The van der Waals surface area contributed by atoms with Gasteiger partial charge in [0.25, 0.3) is 0 Å². The van der Waals surface area contributed by atoms with E-state index in [9.17, 15) is 0 Å². The number of benzene rings is 1. The summed E-state index contributed by atoms with van der Waals surface area (Å²) >= 11 is 0. The molecular formula is C14H24N2. The molecule has 0 saturated carbocycles. The molecule has 1 rings (SSSR count). The van der Waals surface area contributed by atoms with Crippen LogP contribution in [0.4, 0.5) is 11.4 Å². The standard InChI is InChI=1S/C14H24N2/c1-4-9-16(10-8-12(2)3)14-7-5-6-13(15)11-14/h5-7,11-12H,4,8-10,15H2,1-3H3. The summed E-state index contributed by atoms with van der Waals surface area (Å²) in [5.41, 5.74) is 7.92. The fourth-order valence-electron chi connectivity index (χ4n) is 1.78. The predicted octanol–water partition coefficient (Wildman–Crippen LogP) is 3.53. The van der Waals surface area contributed by atoms with Crippen LogP contribution in [-0.2, 0) is 0 Å². The van der Waals surface area contributed by atoms with Crippen LogP contribution in [0.15, 0.2) is 24.3 Å². The van der Waals surface area contributed by atoms with Crippen molar-refractivity contribution < 1.29 is 0 Å². The van der Waals surface area contributed by atoms with Crippen LogP contribution in [0, 0.1) is 5.92 Å². The number of hydrogen-bond acceptors (Lipinski definition) is 2. The lowest BCUT2D eigenvalue weighted by Gasteiger charge is -2.25. The van der Waals surface area contributed by atoms with Crippen molar-refractivity contribution in [1.82, 2.24) is 0 Å². The minimum absolute atomic E-state index is 0.750. The van der Waals surface area contributed by atoms with Crippen molar-refractivity contribution in [2.24, 2.45) is 5.92 Å². The summed E-state index contributed by atoms with van der Waals surface area (Å²) < 4.78 is 0. The highest BCUT2D eigenvalue weighted by Gasteiger charge is 2.06. The number of nitrogens with two attached hydrogens (primary N) is 1. The van der Waals surface area contributed by atoms with Gasteiger partial charge in [-0.05, 0) is 37.0 Å². The monoisotopic (exact) mass is 220 g/mol. The normalized spacial score (nSPS) is 10.8. The molecular weight excluding hydrogens is 196 g/mol. The highest BCUT2D eigenvalue weighted by Crippen LogP contribution is 2.19. The Labute approximate surface area is 99.5 Å². The van der Waals surface area contributed by atoms with Gasteiger partial charge < -0.3 is 10.6 Å². The first-order valence-corrected chi connectivity index (χ1v) is 6.24. The number of rotatable bonds is 6. The molecule has 0 unspecified atom stereocenters. The molecule has 0 aliphatic rings. The molecule has 0 spiro atoms. The van der Waals surface area contributed by atoms with Crippen molar-refractivity contribution in [3.8, 4) is 0 Å². The lowest BCUT2D eigenvalue weighted by molar-refractivity contribution is 0.570. The SMILES string of the molecule is CCCN(CCC(C)C)c1cccc(N)c1. The minimum Gasteiger partial charge on any atom is -0.399 e. The van der Waals surface area contributed by atoms with E-state index in [-0.39, 0.29) is 0 Å². The average Bonchev–Trinajstić information content (AvgIpc) is 2.24. The van der Waals surface area contributed by atoms with Crippen LogP contribution in [0.2, 0.25) is 0 Å². The van der Waals surface area contributed by atoms with Crippen LogP contribution in [0.5, 0.6) is 0 Å². The smallest absolute Gasteiger partial charge is 0.0386 e. The van der Waals surface area contributed by atoms with Gasteiger partial charge in [0.2, 0.25) is 0 Å². The van der Waals surface area contributed by atoms with E-state index in [4.69, 9.17) is 5.73 Å². The van der Waals surface area contributed by atoms with Gasteiger partial charge in [-0.25, -0.2) is 0 Å². The van der Waals surface area contributed by atoms with E-state index in [1.165, 1.54) is 18.5 Å². The molecule has 0 aliphatic heterocycles. The lowest BCUT2D eigenvalue weighted by Crippen LogP contribution is -2.26. The van der Waals surface area contributed by atoms with Crippen molar-refractivity contribution in [1.29, 1.82) is 0 Å². The van der Waals surface area contributed by atoms with Gasteiger partial charge in [-0.1, -0.05) is 26.8 Å². The highest BCUT2D eigenvalue weighted by atomic mass is 15.1. The van der Waals surface area contributed by atoms with E-state index in [1.54, 1.807) is 0 Å². The molecule has 0 atom stereocenters. The van der Waals surface area contributed by atoms with E-state index >= 15 is 0 Å². The summed E-state index contributed by atoms with van der Waals surface area (Å²) in [5.74, 6) is 0.750. The Bertz CT molecular complexity index is 307. The van der Waals surface area contributed by atoms with Crippen LogP contribution in [0.3, 0.4) is 0 Å². The molecule has 0 bridgehead atoms. The highest BCUT2D eigenvalue weighted by molar-refractivity contribution is 5.55. The van der Waals surface area contributed by atoms with Gasteiger partial charge in [-0.2, -0.15) is 0 Å². The second-order valence-electron chi connectivity index (χ2n) is 4.76. The second kappa shape index (κ2) is 6.41. The van der Waals surface area contributed by atoms with E-state index < -0.39 is 0 Å². The third-order valence-electron chi connectivity index (χ3n) is 2.71. The first kappa shape index (κ1) is 12.9. The van der Waals surface area contributed by atoms with E-state index in [1.807, 2.05) is 12.1 Å². The molecule has 16 heavy (non-hydrogen) atoms. The number of nitrogen functional groups attached to an aromatic ring is 1. The van der Waals surface area contributed by atoms with Gasteiger partial charge >= 0.3 is 0 Å². The van der Waals surface area contributed by atoms with Gasteiger partial charge in [0, 0.05) is 24.5 Å². The maximum atomic E-state index is 5.82. The average molecular weight is 220 g/mol. The van der Waals surface area contributed by atoms with Gasteiger partial charge in [-0.15, -0.1) is 0 Å². The van der Waals surface area contributed by atoms with Crippen LogP contribution >= 0.6 is 0 Å². The molecule has 0 amide bonds. The van der Waals surface area contributed by atoms with Crippen molar-refractivity contribution in [3.63, 3.8) is 0 Å². The minimum atomic E-state index is 0.750. The van der Waals surface area contributed by atoms with Crippen LogP contribution in [0.1, 0.15) is 33.6 Å². The summed E-state index contributed by atoms with van der Waals surface area (Å²) in [5, 5.41) is 0. The van der Waals surface area contributed by atoms with Crippen molar-refractivity contribution >= 4 is 11.4 Å². The second-order valence-corrected chi connectivity index (χ2v) is 4.76. The zero-order chi connectivity index (χ0) is 12.0. The topological polar surface area (TPSA) is 29.3 Å². The fraction of sp³-hybridized carbons (Fsp3) is 0.571. The van der Waals surface area contributed by atoms with Gasteiger partial charge in [0.05, 0.1) is 0 Å². The number of nitrogens with zero attached hydrogens (tertiary/aromatic N) is 1. The van der Waals surface area contributed by atoms with Crippen LogP contribution in [0.25, 0.3) is 0 Å². The Morgan fingerprint density at radius 1 is 1.25 bits per heavy atom. The zero-order valence-corrected chi connectivity index (χ0v) is 10.7. The van der Waals surface area contributed by atoms with Gasteiger partial charge in [-0.3, -0.25) is 0 Å². The summed E-state index contributed by atoms with van der Waals surface area (Å²) in [7, 11) is 0. The number of anilines is 2. The predicted molar refractivity (Wildman–Crippen MR) is 72.8 cm³/mol. The van der Waals surface area contributed by atoms with Crippen molar-refractivity contribution in [2.45, 2.75) is 33.6 Å². The first-order valence-electron chi connectivity index (χ1n) is 6.24. The maximum absolute atomic E-state index is 5.82. The van der Waals surface area contributed by atoms with Crippen molar-refractivity contribution in [2.75, 3.05) is 23.7 Å². The fourth-order valence-corrected chi connectivity index (χ4v) is 1.78. The van der Waals surface area contributed by atoms with Gasteiger partial charge in [0.1, 0.15) is 0 Å². The largest absolute Gasteiger partial charge is 0.399 e. The maximum Gasteiger partial charge on any atom is 0.0386 e. The van der Waals surface area contributed by atoms with Gasteiger partial charge in [0.15, 0.2) is 0 Å². The summed E-state index contributed by atoms with van der Waals surface area (Å²) in [4.78, 5) is 2.43. The van der Waals surface area contributed by atoms with E-state index in [0.29, 0.717) is 0 Å². The summed E-state index contributed by atoms with van der Waals surface area (Å²) in [6.45, 7) is 8.98. The Hall–Kier alpha value is -1.18. The quantitative estimate of drug-likeness (QED) is 0.743. The molecule has 0 aromatic heterocycles. The molecule has 2 nitrogen and oxygen atoms in total. The van der Waals surface area contributed by atoms with Crippen LogP contribution < -0.4 is 10.6 Å². The lowest BCUT2D eigenvalue weighted by atomic mass is 10.1. The first-order chi connectivity index (χ1) is 7.63. The molecule has 0 saturated heterocycles. The Balaban J connectivity index is 2.68. The molecule has 0 radical (unpaired) electrons. The third kappa shape index (κ3) is 4.13. The zero-order valence-electron chi connectivity index (χ0n) is 10.7. The molecule has 2 heteroatoms. The van der Waals surface area contributed by atoms with Crippen molar-refractivity contribution in [3.05, 3.63) is 24.3 Å². The van der Waals surface area contributed by atoms with Crippen LogP contribution in [-0.4, -0.2) is 13.1 Å². The molecule has 2 N–H and O–H groups in total. The molecule has 0 fully saturated rings. The molecule has 0 heterocycles. The summed E-state index contributed by atoms with van der Waals surface area (Å²) in [6, 6.07) is 8.18. The van der Waals surface area contributed by atoms with E-state index in [2.05, 4.69) is 37.8 Å². The Morgan fingerprint density at radius 3 is 2.56 bits per heavy atom. The number of hydrogen-bond donors (Lipinski definition) is 1. The Morgan fingerprint density at radius 2 is 2.00 bits per heavy atom. The molecule has 90 valence electrons. The Kier molecular flexibility index (Phi) is 5.17. The molecule has 0 aliphatic carbocycles.